The topological polar surface area (TPSA) is 40.6 Å². The molecule has 112 valence electrons. The van der Waals surface area contributed by atoms with Crippen molar-refractivity contribution in [2.24, 2.45) is 0 Å². The minimum atomic E-state index is -3.29. The molecule has 0 bridgehead atoms. The van der Waals surface area contributed by atoms with Gasteiger partial charge in [0.1, 0.15) is 0 Å². The van der Waals surface area contributed by atoms with Crippen LogP contribution in [0.15, 0.2) is 17.5 Å². The highest BCUT2D eigenvalue weighted by atomic mass is 32.2. The Hall–Kier alpha value is -0.430. The Labute approximate surface area is 125 Å². The average molecular weight is 314 g/mol. The first-order valence-corrected chi connectivity index (χ1v) is 9.77. The van der Waals surface area contributed by atoms with Crippen LogP contribution in [0.2, 0.25) is 0 Å². The number of hydrogen-bond acceptors (Lipinski definition) is 3. The first-order valence-electron chi connectivity index (χ1n) is 7.50. The summed E-state index contributed by atoms with van der Waals surface area (Å²) >= 11 is 1.67. The Kier molecular flexibility index (Phi) is 4.45. The summed E-state index contributed by atoms with van der Waals surface area (Å²) in [6.07, 6.45) is 6.22. The molecule has 0 N–H and O–H groups in total. The van der Waals surface area contributed by atoms with Crippen LogP contribution >= 0.6 is 11.3 Å². The van der Waals surface area contributed by atoms with E-state index in [1.54, 1.807) is 19.9 Å². The smallest absolute Gasteiger partial charge is 0.195 e. The minimum absolute atomic E-state index is 0.0586. The van der Waals surface area contributed by atoms with Crippen LogP contribution in [0, 0.1) is 0 Å². The molecule has 1 atom stereocenters. The quantitative estimate of drug-likeness (QED) is 0.860. The van der Waals surface area contributed by atoms with Gasteiger partial charge in [-0.25, -0.2) is 0 Å². The maximum atomic E-state index is 12.9. The molecule has 3 heterocycles. The number of hydrogen-bond donors (Lipinski definition) is 0. The molecule has 1 aromatic rings. The molecule has 20 heavy (non-hydrogen) atoms. The van der Waals surface area contributed by atoms with E-state index in [1.807, 2.05) is 11.4 Å². The van der Waals surface area contributed by atoms with Crippen LogP contribution in [0.5, 0.6) is 0 Å². The second-order valence-electron chi connectivity index (χ2n) is 5.61. The monoisotopic (exact) mass is 314 g/mol. The van der Waals surface area contributed by atoms with Crippen LogP contribution < -0.4 is 0 Å². The van der Waals surface area contributed by atoms with Gasteiger partial charge < -0.3 is 0 Å². The summed E-state index contributed by atoms with van der Waals surface area (Å²) in [6, 6.07) is 4.13. The van der Waals surface area contributed by atoms with Gasteiger partial charge in [0.05, 0.1) is 6.04 Å². The normalized spacial score (nSPS) is 26.7. The van der Waals surface area contributed by atoms with E-state index >= 15 is 0 Å². The van der Waals surface area contributed by atoms with Gasteiger partial charge in [-0.05, 0) is 37.1 Å². The van der Waals surface area contributed by atoms with Gasteiger partial charge in [0.2, 0.25) is 0 Å². The van der Waals surface area contributed by atoms with E-state index < -0.39 is 10.2 Å². The number of rotatable bonds is 3. The fourth-order valence-corrected chi connectivity index (χ4v) is 6.06. The van der Waals surface area contributed by atoms with E-state index in [9.17, 15) is 8.42 Å². The molecule has 0 aromatic carbocycles. The van der Waals surface area contributed by atoms with Crippen molar-refractivity contribution in [2.75, 3.05) is 19.6 Å². The van der Waals surface area contributed by atoms with E-state index in [0.29, 0.717) is 19.6 Å². The predicted octanol–water partition coefficient (Wildman–Crippen LogP) is 3.01. The van der Waals surface area contributed by atoms with Crippen molar-refractivity contribution < 1.29 is 8.42 Å². The van der Waals surface area contributed by atoms with E-state index in [1.165, 1.54) is 4.88 Å². The highest BCUT2D eigenvalue weighted by Crippen LogP contribution is 2.37. The Morgan fingerprint density at radius 3 is 2.45 bits per heavy atom. The molecule has 0 saturated carbocycles. The standard InChI is InChI=1S/C14H22N2O2S2/c17-20(18,15-9-3-1-2-4-10-15)16-11-5-7-13(16)14-8-6-12-19-14/h6,8,12-13H,1-5,7,9-11H2. The van der Waals surface area contributed by atoms with Crippen molar-refractivity contribution in [1.29, 1.82) is 0 Å². The predicted molar refractivity (Wildman–Crippen MR) is 82.0 cm³/mol. The summed E-state index contributed by atoms with van der Waals surface area (Å²) in [5.74, 6) is 0. The lowest BCUT2D eigenvalue weighted by Crippen LogP contribution is -2.43. The molecule has 2 saturated heterocycles. The summed E-state index contributed by atoms with van der Waals surface area (Å²) in [5.41, 5.74) is 0. The SMILES string of the molecule is O=S(=O)(N1CCCCCC1)N1CCCC1c1cccs1. The van der Waals surface area contributed by atoms with E-state index in [-0.39, 0.29) is 6.04 Å². The Bertz CT molecular complexity index is 519. The van der Waals surface area contributed by atoms with Crippen LogP contribution in [-0.4, -0.2) is 36.7 Å². The Morgan fingerprint density at radius 2 is 1.80 bits per heavy atom. The van der Waals surface area contributed by atoms with E-state index in [0.717, 1.165) is 38.5 Å². The molecule has 1 unspecified atom stereocenters. The third-order valence-electron chi connectivity index (χ3n) is 4.26. The van der Waals surface area contributed by atoms with Gasteiger partial charge in [0.15, 0.2) is 0 Å². The minimum Gasteiger partial charge on any atom is -0.195 e. The third kappa shape index (κ3) is 2.79. The van der Waals surface area contributed by atoms with Gasteiger partial charge in [-0.2, -0.15) is 17.0 Å². The third-order valence-corrected chi connectivity index (χ3v) is 7.28. The largest absolute Gasteiger partial charge is 0.282 e. The van der Waals surface area contributed by atoms with E-state index in [2.05, 4.69) is 6.07 Å². The molecule has 3 rings (SSSR count). The lowest BCUT2D eigenvalue weighted by Gasteiger charge is -2.29. The van der Waals surface area contributed by atoms with Crippen molar-refractivity contribution in [3.8, 4) is 0 Å². The van der Waals surface area contributed by atoms with Crippen molar-refractivity contribution in [3.05, 3.63) is 22.4 Å². The van der Waals surface area contributed by atoms with Crippen LogP contribution in [-0.2, 0) is 10.2 Å². The lowest BCUT2D eigenvalue weighted by molar-refractivity contribution is 0.333. The maximum absolute atomic E-state index is 12.9. The first-order chi connectivity index (χ1) is 9.69. The molecule has 6 heteroatoms. The van der Waals surface area contributed by atoms with Crippen molar-refractivity contribution in [2.45, 2.75) is 44.6 Å². The molecule has 2 fully saturated rings. The average Bonchev–Trinajstić information content (AvgIpc) is 3.04. The van der Waals surface area contributed by atoms with Crippen molar-refractivity contribution >= 4 is 21.5 Å². The zero-order chi connectivity index (χ0) is 14.0. The van der Waals surface area contributed by atoms with Gasteiger partial charge in [0, 0.05) is 24.5 Å². The molecule has 0 radical (unpaired) electrons. The molecular weight excluding hydrogens is 292 g/mol. The van der Waals surface area contributed by atoms with Gasteiger partial charge in [0.25, 0.3) is 10.2 Å². The van der Waals surface area contributed by atoms with Gasteiger partial charge >= 0.3 is 0 Å². The summed E-state index contributed by atoms with van der Waals surface area (Å²) in [7, 11) is -3.29. The maximum Gasteiger partial charge on any atom is 0.282 e. The van der Waals surface area contributed by atoms with Gasteiger partial charge in [-0.1, -0.05) is 18.9 Å². The molecule has 0 aliphatic carbocycles. The number of thiophene rings is 1. The highest BCUT2D eigenvalue weighted by Gasteiger charge is 2.39. The fraction of sp³-hybridized carbons (Fsp3) is 0.714. The molecule has 0 amide bonds. The fourth-order valence-electron chi connectivity index (χ4n) is 3.20. The van der Waals surface area contributed by atoms with E-state index in [4.69, 9.17) is 0 Å². The van der Waals surface area contributed by atoms with Crippen LogP contribution in [0.1, 0.15) is 49.4 Å². The zero-order valence-electron chi connectivity index (χ0n) is 11.7. The van der Waals surface area contributed by atoms with Crippen molar-refractivity contribution in [1.82, 2.24) is 8.61 Å². The molecule has 2 aliphatic heterocycles. The summed E-state index contributed by atoms with van der Waals surface area (Å²) in [4.78, 5) is 1.18. The Morgan fingerprint density at radius 1 is 1.05 bits per heavy atom. The molecule has 0 spiro atoms. The van der Waals surface area contributed by atoms with Crippen LogP contribution in [0.25, 0.3) is 0 Å². The van der Waals surface area contributed by atoms with Crippen LogP contribution in [0.4, 0.5) is 0 Å². The first kappa shape index (κ1) is 14.5. The Balaban J connectivity index is 1.82. The van der Waals surface area contributed by atoms with Gasteiger partial charge in [-0.3, -0.25) is 0 Å². The summed E-state index contributed by atoms with van der Waals surface area (Å²) in [5, 5.41) is 2.03. The summed E-state index contributed by atoms with van der Waals surface area (Å²) < 4.78 is 29.3. The number of nitrogens with zero attached hydrogens (tertiary/aromatic N) is 2. The second kappa shape index (κ2) is 6.13. The van der Waals surface area contributed by atoms with Crippen molar-refractivity contribution in [3.63, 3.8) is 0 Å². The highest BCUT2D eigenvalue weighted by molar-refractivity contribution is 7.86. The molecule has 1 aromatic heterocycles. The van der Waals surface area contributed by atoms with Gasteiger partial charge in [-0.15, -0.1) is 11.3 Å². The molecule has 2 aliphatic rings. The zero-order valence-corrected chi connectivity index (χ0v) is 13.3. The molecule has 4 nitrogen and oxygen atoms in total. The lowest BCUT2D eigenvalue weighted by atomic mass is 10.2. The second-order valence-corrected chi connectivity index (χ2v) is 8.47. The summed E-state index contributed by atoms with van der Waals surface area (Å²) in [6.45, 7) is 2.05. The molecular formula is C14H22N2O2S2. The van der Waals surface area contributed by atoms with Crippen LogP contribution in [0.3, 0.4) is 0 Å².